The third-order valence-electron chi connectivity index (χ3n) is 2.80. The fourth-order valence-corrected chi connectivity index (χ4v) is 1.62. The number of rotatable bonds is 7. The Kier molecular flexibility index (Phi) is 6.51. The van der Waals surface area contributed by atoms with E-state index in [9.17, 15) is 0 Å². The molecule has 0 radical (unpaired) electrons. The second-order valence-corrected chi connectivity index (χ2v) is 6.58. The maximum Gasteiger partial charge on any atom is 0.00967 e. The molecule has 0 aromatic carbocycles. The Morgan fingerprint density at radius 1 is 0.867 bits per heavy atom. The van der Waals surface area contributed by atoms with Gasteiger partial charge in [-0.3, -0.25) is 0 Å². The van der Waals surface area contributed by atoms with Gasteiger partial charge in [-0.1, -0.05) is 46.5 Å². The maximum atomic E-state index is 3.60. The molecule has 0 heterocycles. The minimum absolute atomic E-state index is 0.251. The second-order valence-electron chi connectivity index (χ2n) is 6.58. The molecule has 1 N–H and O–H groups in total. The Hall–Kier alpha value is -0.0400. The van der Waals surface area contributed by atoms with Gasteiger partial charge in [0.15, 0.2) is 0 Å². The van der Waals surface area contributed by atoms with Gasteiger partial charge in [0.1, 0.15) is 0 Å². The Balaban J connectivity index is 3.67. The summed E-state index contributed by atoms with van der Waals surface area (Å²) in [6.45, 7) is 14.9. The molecule has 0 aromatic heterocycles. The molecule has 0 amide bonds. The van der Waals surface area contributed by atoms with Crippen molar-refractivity contribution in [2.45, 2.75) is 79.2 Å². The van der Waals surface area contributed by atoms with Crippen LogP contribution in [0.15, 0.2) is 0 Å². The summed E-state index contributed by atoms with van der Waals surface area (Å²) < 4.78 is 0. The van der Waals surface area contributed by atoms with E-state index < -0.39 is 0 Å². The molecule has 0 aromatic rings. The SMILES string of the molecule is CCCCCCC(C)(C)CNC(C)(C)C. The van der Waals surface area contributed by atoms with Crippen molar-refractivity contribution in [3.05, 3.63) is 0 Å². The fraction of sp³-hybridized carbons (Fsp3) is 1.00. The number of nitrogens with one attached hydrogen (secondary N) is 1. The molecule has 0 saturated carbocycles. The molecule has 0 aliphatic heterocycles. The van der Waals surface area contributed by atoms with Crippen LogP contribution in [0.25, 0.3) is 0 Å². The Bertz CT molecular complexity index is 153. The topological polar surface area (TPSA) is 12.0 Å². The van der Waals surface area contributed by atoms with Gasteiger partial charge in [-0.2, -0.15) is 0 Å². The van der Waals surface area contributed by atoms with Gasteiger partial charge in [-0.05, 0) is 32.6 Å². The van der Waals surface area contributed by atoms with Crippen LogP contribution in [0, 0.1) is 5.41 Å². The Morgan fingerprint density at radius 2 is 1.47 bits per heavy atom. The van der Waals surface area contributed by atoms with Gasteiger partial charge < -0.3 is 5.32 Å². The Labute approximate surface area is 97.0 Å². The molecule has 0 aliphatic carbocycles. The molecule has 0 bridgehead atoms. The Morgan fingerprint density at radius 3 is 1.93 bits per heavy atom. The monoisotopic (exact) mass is 213 g/mol. The summed E-state index contributed by atoms with van der Waals surface area (Å²) in [5.74, 6) is 0. The average Bonchev–Trinajstić information content (AvgIpc) is 2.09. The molecule has 0 saturated heterocycles. The van der Waals surface area contributed by atoms with Gasteiger partial charge in [0.2, 0.25) is 0 Å². The van der Waals surface area contributed by atoms with Crippen molar-refractivity contribution < 1.29 is 0 Å². The first kappa shape index (κ1) is 15.0. The summed E-state index contributed by atoms with van der Waals surface area (Å²) in [5.41, 5.74) is 0.696. The van der Waals surface area contributed by atoms with Crippen molar-refractivity contribution >= 4 is 0 Å². The molecule has 0 atom stereocenters. The molecule has 0 fully saturated rings. The molecule has 1 nitrogen and oxygen atoms in total. The van der Waals surface area contributed by atoms with E-state index in [0.717, 1.165) is 6.54 Å². The molecule has 0 aliphatic rings. The first-order valence-corrected chi connectivity index (χ1v) is 6.52. The van der Waals surface area contributed by atoms with E-state index in [4.69, 9.17) is 0 Å². The minimum atomic E-state index is 0.251. The molecule has 92 valence electrons. The van der Waals surface area contributed by atoms with Crippen LogP contribution in [0.4, 0.5) is 0 Å². The lowest BCUT2D eigenvalue weighted by Crippen LogP contribution is -2.41. The van der Waals surface area contributed by atoms with Crippen LogP contribution in [0.1, 0.15) is 73.6 Å². The average molecular weight is 213 g/mol. The van der Waals surface area contributed by atoms with E-state index in [-0.39, 0.29) is 5.54 Å². The van der Waals surface area contributed by atoms with Gasteiger partial charge in [-0.25, -0.2) is 0 Å². The van der Waals surface area contributed by atoms with Gasteiger partial charge in [0.25, 0.3) is 0 Å². The normalized spacial score (nSPS) is 13.2. The highest BCUT2D eigenvalue weighted by molar-refractivity contribution is 4.78. The van der Waals surface area contributed by atoms with Crippen molar-refractivity contribution in [3.8, 4) is 0 Å². The number of hydrogen-bond acceptors (Lipinski definition) is 1. The summed E-state index contributed by atoms with van der Waals surface area (Å²) in [6.07, 6.45) is 6.85. The van der Waals surface area contributed by atoms with Crippen molar-refractivity contribution in [3.63, 3.8) is 0 Å². The third kappa shape index (κ3) is 10.2. The van der Waals surface area contributed by atoms with Crippen LogP contribution in [0.3, 0.4) is 0 Å². The zero-order chi connectivity index (χ0) is 11.9. The number of unbranched alkanes of at least 4 members (excludes halogenated alkanes) is 3. The highest BCUT2D eigenvalue weighted by atomic mass is 14.9. The highest BCUT2D eigenvalue weighted by Gasteiger charge is 2.20. The highest BCUT2D eigenvalue weighted by Crippen LogP contribution is 2.23. The van der Waals surface area contributed by atoms with Crippen LogP contribution < -0.4 is 5.32 Å². The zero-order valence-corrected chi connectivity index (χ0v) is 11.7. The van der Waals surface area contributed by atoms with Crippen molar-refractivity contribution in [2.75, 3.05) is 6.54 Å². The van der Waals surface area contributed by atoms with Crippen LogP contribution >= 0.6 is 0 Å². The quantitative estimate of drug-likeness (QED) is 0.619. The van der Waals surface area contributed by atoms with Gasteiger partial charge in [0, 0.05) is 12.1 Å². The molecule has 0 spiro atoms. The third-order valence-corrected chi connectivity index (χ3v) is 2.80. The molecular formula is C14H31N. The fourth-order valence-electron chi connectivity index (χ4n) is 1.62. The molecule has 0 unspecified atom stereocenters. The van der Waals surface area contributed by atoms with Crippen molar-refractivity contribution in [1.29, 1.82) is 0 Å². The van der Waals surface area contributed by atoms with Crippen LogP contribution in [0.5, 0.6) is 0 Å². The van der Waals surface area contributed by atoms with Gasteiger partial charge in [-0.15, -0.1) is 0 Å². The standard InChI is InChI=1S/C14H31N/c1-7-8-9-10-11-14(5,6)12-15-13(2,3)4/h15H,7-12H2,1-6H3. The lowest BCUT2D eigenvalue weighted by molar-refractivity contribution is 0.265. The smallest absolute Gasteiger partial charge is 0.00967 e. The molecule has 15 heavy (non-hydrogen) atoms. The molecular weight excluding hydrogens is 182 g/mol. The summed E-state index contributed by atoms with van der Waals surface area (Å²) in [6, 6.07) is 0. The van der Waals surface area contributed by atoms with Crippen LogP contribution in [-0.2, 0) is 0 Å². The van der Waals surface area contributed by atoms with Crippen LogP contribution in [-0.4, -0.2) is 12.1 Å². The number of hydrogen-bond donors (Lipinski definition) is 1. The van der Waals surface area contributed by atoms with E-state index >= 15 is 0 Å². The predicted octanol–water partition coefficient (Wildman–Crippen LogP) is 4.37. The predicted molar refractivity (Wildman–Crippen MR) is 70.3 cm³/mol. The summed E-state index contributed by atoms with van der Waals surface area (Å²) in [4.78, 5) is 0. The summed E-state index contributed by atoms with van der Waals surface area (Å²) in [7, 11) is 0. The van der Waals surface area contributed by atoms with E-state index in [1.807, 2.05) is 0 Å². The lowest BCUT2D eigenvalue weighted by atomic mass is 9.86. The summed E-state index contributed by atoms with van der Waals surface area (Å²) >= 11 is 0. The molecule has 0 rings (SSSR count). The minimum Gasteiger partial charge on any atom is -0.312 e. The van der Waals surface area contributed by atoms with E-state index in [0.29, 0.717) is 5.41 Å². The van der Waals surface area contributed by atoms with Crippen molar-refractivity contribution in [1.82, 2.24) is 5.32 Å². The molecule has 1 heteroatoms. The van der Waals surface area contributed by atoms with Gasteiger partial charge >= 0.3 is 0 Å². The van der Waals surface area contributed by atoms with E-state index in [1.165, 1.54) is 32.1 Å². The zero-order valence-electron chi connectivity index (χ0n) is 11.7. The first-order valence-electron chi connectivity index (χ1n) is 6.52. The summed E-state index contributed by atoms with van der Waals surface area (Å²) in [5, 5.41) is 3.60. The van der Waals surface area contributed by atoms with E-state index in [2.05, 4.69) is 46.9 Å². The van der Waals surface area contributed by atoms with Crippen LogP contribution in [0.2, 0.25) is 0 Å². The lowest BCUT2D eigenvalue weighted by Gasteiger charge is -2.30. The first-order chi connectivity index (χ1) is 6.77. The largest absolute Gasteiger partial charge is 0.312 e. The second kappa shape index (κ2) is 6.52. The van der Waals surface area contributed by atoms with E-state index in [1.54, 1.807) is 0 Å². The maximum absolute atomic E-state index is 3.60. The van der Waals surface area contributed by atoms with Crippen molar-refractivity contribution in [2.24, 2.45) is 5.41 Å². The van der Waals surface area contributed by atoms with Gasteiger partial charge in [0.05, 0.1) is 0 Å².